The molecule has 0 saturated carbocycles. The van der Waals surface area contributed by atoms with Crippen LogP contribution in [0.3, 0.4) is 0 Å². The van der Waals surface area contributed by atoms with Crippen LogP contribution in [0.1, 0.15) is 12.5 Å². The molecule has 0 aromatic heterocycles. The Bertz CT molecular complexity index is 1250. The first-order chi connectivity index (χ1) is 15.9. The third-order valence-electron chi connectivity index (χ3n) is 5.15. The Morgan fingerprint density at radius 2 is 1.79 bits per heavy atom. The number of amides is 1. The van der Waals surface area contributed by atoms with Crippen LogP contribution in [0.5, 0.6) is 11.5 Å². The van der Waals surface area contributed by atoms with Gasteiger partial charge in [-0.1, -0.05) is 41.9 Å². The van der Waals surface area contributed by atoms with Crippen molar-refractivity contribution in [3.63, 3.8) is 0 Å². The van der Waals surface area contributed by atoms with E-state index in [0.29, 0.717) is 28.8 Å². The Balaban J connectivity index is 1.57. The van der Waals surface area contributed by atoms with E-state index in [4.69, 9.17) is 21.1 Å². The van der Waals surface area contributed by atoms with E-state index in [0.717, 1.165) is 5.56 Å². The fourth-order valence-electron chi connectivity index (χ4n) is 3.54. The SMILES string of the molecule is CCOc1ccccc1CNC(=O)[C@H]1CN(S(=O)(=O)c2ccc(Cl)cc2)c2ccccc2O1. The Kier molecular flexibility index (Phi) is 6.76. The number of nitrogens with zero attached hydrogens (tertiary/aromatic N) is 1. The minimum absolute atomic E-state index is 0.0772. The lowest BCUT2D eigenvalue weighted by Crippen LogP contribution is -2.50. The fraction of sp³-hybridized carbons (Fsp3) is 0.208. The van der Waals surface area contributed by atoms with Crippen molar-refractivity contribution >= 4 is 33.2 Å². The highest BCUT2D eigenvalue weighted by atomic mass is 35.5. The number of ether oxygens (including phenoxy) is 2. The third-order valence-corrected chi connectivity index (χ3v) is 7.20. The maximum Gasteiger partial charge on any atom is 0.264 e. The average Bonchev–Trinajstić information content (AvgIpc) is 2.83. The van der Waals surface area contributed by atoms with Crippen LogP contribution in [-0.4, -0.2) is 33.6 Å². The number of para-hydroxylation sites is 3. The van der Waals surface area contributed by atoms with E-state index in [1.807, 2.05) is 31.2 Å². The first-order valence-corrected chi connectivity index (χ1v) is 12.2. The summed E-state index contributed by atoms with van der Waals surface area (Å²) in [5, 5.41) is 3.27. The van der Waals surface area contributed by atoms with Crippen LogP contribution in [0, 0.1) is 0 Å². The zero-order valence-corrected chi connectivity index (χ0v) is 19.5. The van der Waals surface area contributed by atoms with E-state index >= 15 is 0 Å². The number of halogens is 1. The molecule has 0 bridgehead atoms. The van der Waals surface area contributed by atoms with Crippen LogP contribution in [0.2, 0.25) is 5.02 Å². The molecule has 33 heavy (non-hydrogen) atoms. The number of sulfonamides is 1. The number of anilines is 1. The second kappa shape index (κ2) is 9.72. The first-order valence-electron chi connectivity index (χ1n) is 10.4. The van der Waals surface area contributed by atoms with Gasteiger partial charge in [0.2, 0.25) is 0 Å². The summed E-state index contributed by atoms with van der Waals surface area (Å²) >= 11 is 5.92. The average molecular weight is 487 g/mol. The van der Waals surface area contributed by atoms with Gasteiger partial charge >= 0.3 is 0 Å². The molecule has 1 aliphatic heterocycles. The van der Waals surface area contributed by atoms with E-state index in [1.165, 1.54) is 28.6 Å². The number of fused-ring (bicyclic) bond motifs is 1. The van der Waals surface area contributed by atoms with E-state index in [1.54, 1.807) is 24.3 Å². The highest BCUT2D eigenvalue weighted by molar-refractivity contribution is 7.92. The minimum atomic E-state index is -3.95. The number of carbonyl (C=O) groups excluding carboxylic acids is 1. The molecule has 1 aliphatic rings. The zero-order valence-electron chi connectivity index (χ0n) is 17.9. The van der Waals surface area contributed by atoms with E-state index in [2.05, 4.69) is 5.32 Å². The molecule has 1 atom stereocenters. The molecule has 1 N–H and O–H groups in total. The molecule has 9 heteroatoms. The molecule has 0 aliphatic carbocycles. The molecule has 3 aromatic rings. The van der Waals surface area contributed by atoms with Gasteiger partial charge in [-0.25, -0.2) is 8.42 Å². The molecule has 7 nitrogen and oxygen atoms in total. The lowest BCUT2D eigenvalue weighted by Gasteiger charge is -2.34. The monoisotopic (exact) mass is 486 g/mol. The number of hydrogen-bond acceptors (Lipinski definition) is 5. The zero-order chi connectivity index (χ0) is 23.4. The molecule has 0 unspecified atom stereocenters. The van der Waals surface area contributed by atoms with Crippen molar-refractivity contribution in [3.8, 4) is 11.5 Å². The molecule has 0 spiro atoms. The van der Waals surface area contributed by atoms with Gasteiger partial charge in [-0.15, -0.1) is 0 Å². The van der Waals surface area contributed by atoms with Gasteiger partial charge in [-0.05, 0) is 49.4 Å². The summed E-state index contributed by atoms with van der Waals surface area (Å²) in [5.74, 6) is 0.574. The van der Waals surface area contributed by atoms with Crippen molar-refractivity contribution in [1.82, 2.24) is 5.32 Å². The van der Waals surface area contributed by atoms with Crippen LogP contribution in [0.4, 0.5) is 5.69 Å². The molecule has 1 heterocycles. The molecule has 0 radical (unpaired) electrons. The maximum atomic E-state index is 13.4. The summed E-state index contributed by atoms with van der Waals surface area (Å²) in [6, 6.07) is 20.1. The number of carbonyl (C=O) groups is 1. The molecule has 0 fully saturated rings. The number of rotatable bonds is 7. The number of benzene rings is 3. The smallest absolute Gasteiger partial charge is 0.264 e. The van der Waals surface area contributed by atoms with Gasteiger partial charge in [0.25, 0.3) is 15.9 Å². The minimum Gasteiger partial charge on any atom is -0.494 e. The summed E-state index contributed by atoms with van der Waals surface area (Å²) < 4.78 is 39.5. The Hall–Kier alpha value is -3.23. The van der Waals surface area contributed by atoms with Crippen molar-refractivity contribution in [3.05, 3.63) is 83.4 Å². The topological polar surface area (TPSA) is 84.9 Å². The standard InChI is InChI=1S/C24H23ClN2O5S/c1-2-31-21-9-5-3-7-17(21)15-26-24(28)23-16-27(20-8-4-6-10-22(20)32-23)33(29,30)19-13-11-18(25)12-14-19/h3-14,23H,2,15-16H2,1H3,(H,26,28)/t23-/m1/s1. The highest BCUT2D eigenvalue weighted by Crippen LogP contribution is 2.37. The van der Waals surface area contributed by atoms with E-state index < -0.39 is 22.0 Å². The highest BCUT2D eigenvalue weighted by Gasteiger charge is 2.37. The van der Waals surface area contributed by atoms with Gasteiger partial charge in [0.05, 0.1) is 23.7 Å². The molecule has 172 valence electrons. The lowest BCUT2D eigenvalue weighted by molar-refractivity contribution is -0.127. The van der Waals surface area contributed by atoms with Crippen LogP contribution < -0.4 is 19.1 Å². The largest absolute Gasteiger partial charge is 0.494 e. The van der Waals surface area contributed by atoms with E-state index in [9.17, 15) is 13.2 Å². The van der Waals surface area contributed by atoms with Crippen LogP contribution in [-0.2, 0) is 21.4 Å². The van der Waals surface area contributed by atoms with E-state index in [-0.39, 0.29) is 18.0 Å². The second-order valence-electron chi connectivity index (χ2n) is 7.32. The quantitative estimate of drug-likeness (QED) is 0.545. The molecule has 0 saturated heterocycles. The molecular weight excluding hydrogens is 464 g/mol. The van der Waals surface area contributed by atoms with Gasteiger partial charge in [0, 0.05) is 17.1 Å². The van der Waals surface area contributed by atoms with Gasteiger partial charge in [0.1, 0.15) is 11.5 Å². The third kappa shape index (κ3) is 4.91. The maximum absolute atomic E-state index is 13.4. The van der Waals surface area contributed by atoms with Crippen LogP contribution in [0.25, 0.3) is 0 Å². The van der Waals surface area contributed by atoms with Crippen molar-refractivity contribution in [2.75, 3.05) is 17.5 Å². The fourth-order valence-corrected chi connectivity index (χ4v) is 5.14. The predicted molar refractivity (Wildman–Crippen MR) is 126 cm³/mol. The Morgan fingerprint density at radius 1 is 1.09 bits per heavy atom. The predicted octanol–water partition coefficient (Wildman–Crippen LogP) is 4.01. The molecule has 3 aromatic carbocycles. The first kappa shape index (κ1) is 22.9. The van der Waals surface area contributed by atoms with Gasteiger partial charge in [-0.2, -0.15) is 0 Å². The number of hydrogen-bond donors (Lipinski definition) is 1. The summed E-state index contributed by atoms with van der Waals surface area (Å²) in [7, 11) is -3.95. The van der Waals surface area contributed by atoms with Crippen molar-refractivity contribution in [2.45, 2.75) is 24.5 Å². The Labute approximate surface area is 197 Å². The van der Waals surface area contributed by atoms with Gasteiger partial charge in [0.15, 0.2) is 6.10 Å². The lowest BCUT2D eigenvalue weighted by atomic mass is 10.2. The second-order valence-corrected chi connectivity index (χ2v) is 9.62. The summed E-state index contributed by atoms with van der Waals surface area (Å²) in [6.45, 7) is 2.45. The van der Waals surface area contributed by atoms with Crippen molar-refractivity contribution < 1.29 is 22.7 Å². The molecule has 4 rings (SSSR count). The summed E-state index contributed by atoms with van der Waals surface area (Å²) in [6.07, 6.45) is -1.03. The van der Waals surface area contributed by atoms with Crippen molar-refractivity contribution in [2.24, 2.45) is 0 Å². The molecule has 1 amide bonds. The normalized spacial score (nSPS) is 15.3. The van der Waals surface area contributed by atoms with Gasteiger partial charge in [-0.3, -0.25) is 9.10 Å². The van der Waals surface area contributed by atoms with Gasteiger partial charge < -0.3 is 14.8 Å². The van der Waals surface area contributed by atoms with Crippen molar-refractivity contribution in [1.29, 1.82) is 0 Å². The summed E-state index contributed by atoms with van der Waals surface area (Å²) in [4.78, 5) is 13.1. The molecular formula is C24H23ClN2O5S. The summed E-state index contributed by atoms with van der Waals surface area (Å²) in [5.41, 5.74) is 1.19. The van der Waals surface area contributed by atoms with Crippen LogP contribution >= 0.6 is 11.6 Å². The number of nitrogens with one attached hydrogen (secondary N) is 1. The van der Waals surface area contributed by atoms with Crippen LogP contribution in [0.15, 0.2) is 77.7 Å². The Morgan fingerprint density at radius 3 is 2.55 bits per heavy atom.